The minimum Gasteiger partial charge on any atom is -0.478 e. The highest BCUT2D eigenvalue weighted by atomic mass is 16.5. The largest absolute Gasteiger partial charge is 0.478 e. The van der Waals surface area contributed by atoms with Crippen LogP contribution in [0.2, 0.25) is 0 Å². The second kappa shape index (κ2) is 5.69. The Balaban J connectivity index is 2.14. The molecule has 96 valence electrons. The van der Waals surface area contributed by atoms with E-state index >= 15 is 0 Å². The summed E-state index contributed by atoms with van der Waals surface area (Å²) in [5, 5.41) is 12.4. The van der Waals surface area contributed by atoms with Crippen molar-refractivity contribution in [2.45, 2.75) is 19.4 Å². The van der Waals surface area contributed by atoms with Crippen LogP contribution in [0.1, 0.15) is 24.9 Å². The zero-order valence-corrected chi connectivity index (χ0v) is 10.3. The average molecular weight is 247 g/mol. The maximum absolute atomic E-state index is 11.1. The molecule has 0 bridgehead atoms. The predicted octanol–water partition coefficient (Wildman–Crippen LogP) is 2.10. The highest BCUT2D eigenvalue weighted by Gasteiger charge is 2.20. The van der Waals surface area contributed by atoms with Gasteiger partial charge in [-0.25, -0.2) is 4.79 Å². The summed E-state index contributed by atoms with van der Waals surface area (Å²) in [6, 6.07) is 10.00. The van der Waals surface area contributed by atoms with E-state index in [1.807, 2.05) is 37.3 Å². The van der Waals surface area contributed by atoms with Gasteiger partial charge in [0.2, 0.25) is 0 Å². The molecule has 18 heavy (non-hydrogen) atoms. The first-order valence-corrected chi connectivity index (χ1v) is 6.03. The Morgan fingerprint density at radius 3 is 2.78 bits per heavy atom. The van der Waals surface area contributed by atoms with Crippen LogP contribution in [0, 0.1) is 0 Å². The molecule has 1 aliphatic heterocycles. The summed E-state index contributed by atoms with van der Waals surface area (Å²) in [5.74, 6) is -0.860. The van der Waals surface area contributed by atoms with Crippen LogP contribution >= 0.6 is 0 Å². The van der Waals surface area contributed by atoms with Crippen molar-refractivity contribution in [2.24, 2.45) is 0 Å². The Morgan fingerprint density at radius 2 is 2.11 bits per heavy atom. The predicted molar refractivity (Wildman–Crippen MR) is 68.1 cm³/mol. The molecule has 0 saturated carbocycles. The van der Waals surface area contributed by atoms with Gasteiger partial charge in [-0.05, 0) is 12.5 Å². The molecule has 4 heteroatoms. The molecule has 0 spiro atoms. The van der Waals surface area contributed by atoms with Gasteiger partial charge in [-0.3, -0.25) is 0 Å². The zero-order valence-electron chi connectivity index (χ0n) is 10.3. The van der Waals surface area contributed by atoms with Crippen molar-refractivity contribution < 1.29 is 14.6 Å². The number of carboxylic acid groups (broad SMARTS) is 1. The second-order valence-electron chi connectivity index (χ2n) is 4.34. The molecule has 1 heterocycles. The summed E-state index contributed by atoms with van der Waals surface area (Å²) < 4.78 is 5.32. The van der Waals surface area contributed by atoms with Crippen LogP contribution in [0.3, 0.4) is 0 Å². The lowest BCUT2D eigenvalue weighted by Crippen LogP contribution is -2.28. The van der Waals surface area contributed by atoms with Gasteiger partial charge in [-0.15, -0.1) is 0 Å². The third-order valence-corrected chi connectivity index (χ3v) is 3.06. The number of aliphatic carboxylic acids is 1. The van der Waals surface area contributed by atoms with Crippen LogP contribution in [0.5, 0.6) is 0 Å². The summed E-state index contributed by atoms with van der Waals surface area (Å²) in [4.78, 5) is 11.1. The number of ether oxygens (including phenoxy) is 1. The van der Waals surface area contributed by atoms with E-state index in [9.17, 15) is 4.79 Å². The fraction of sp³-hybridized carbons (Fsp3) is 0.357. The second-order valence-corrected chi connectivity index (χ2v) is 4.34. The van der Waals surface area contributed by atoms with Crippen molar-refractivity contribution in [3.8, 4) is 0 Å². The van der Waals surface area contributed by atoms with Crippen molar-refractivity contribution in [3.63, 3.8) is 0 Å². The number of carbonyl (C=O) groups is 1. The fourth-order valence-electron chi connectivity index (χ4n) is 2.04. The number of hydrogen-bond donors (Lipinski definition) is 2. The monoisotopic (exact) mass is 247 g/mol. The first-order valence-electron chi connectivity index (χ1n) is 6.03. The molecule has 0 radical (unpaired) electrons. The van der Waals surface area contributed by atoms with Gasteiger partial charge in [0.05, 0.1) is 18.8 Å². The van der Waals surface area contributed by atoms with Crippen LogP contribution in [-0.4, -0.2) is 24.3 Å². The molecule has 0 saturated heterocycles. The summed E-state index contributed by atoms with van der Waals surface area (Å²) >= 11 is 0. The summed E-state index contributed by atoms with van der Waals surface area (Å²) in [6.07, 6.45) is 0.458. The molecule has 2 N–H and O–H groups in total. The number of hydrogen-bond acceptors (Lipinski definition) is 3. The Hall–Kier alpha value is -1.81. The first-order chi connectivity index (χ1) is 8.68. The van der Waals surface area contributed by atoms with E-state index in [-0.39, 0.29) is 6.04 Å². The van der Waals surface area contributed by atoms with Gasteiger partial charge in [0.15, 0.2) is 0 Å². The molecule has 2 rings (SSSR count). The van der Waals surface area contributed by atoms with Gasteiger partial charge >= 0.3 is 5.97 Å². The first kappa shape index (κ1) is 12.6. The lowest BCUT2D eigenvalue weighted by atomic mass is 10.1. The van der Waals surface area contributed by atoms with Crippen molar-refractivity contribution in [1.29, 1.82) is 0 Å². The van der Waals surface area contributed by atoms with Crippen LogP contribution in [0.25, 0.3) is 0 Å². The molecule has 0 fully saturated rings. The van der Waals surface area contributed by atoms with Crippen LogP contribution in [0.15, 0.2) is 41.6 Å². The van der Waals surface area contributed by atoms with E-state index < -0.39 is 5.97 Å². The Labute approximate surface area is 106 Å². The van der Waals surface area contributed by atoms with Gasteiger partial charge in [-0.2, -0.15) is 0 Å². The highest BCUT2D eigenvalue weighted by Crippen LogP contribution is 2.19. The molecular weight excluding hydrogens is 230 g/mol. The molecule has 1 atom stereocenters. The van der Waals surface area contributed by atoms with E-state index in [0.29, 0.717) is 30.9 Å². The molecular formula is C14H17NO3. The molecule has 1 aromatic rings. The van der Waals surface area contributed by atoms with Gasteiger partial charge < -0.3 is 15.2 Å². The maximum atomic E-state index is 11.1. The maximum Gasteiger partial charge on any atom is 0.333 e. The number of carboxylic acids is 1. The lowest BCUT2D eigenvalue weighted by Gasteiger charge is -2.23. The highest BCUT2D eigenvalue weighted by molar-refractivity contribution is 5.87. The third kappa shape index (κ3) is 2.90. The molecule has 1 aliphatic rings. The molecule has 1 aromatic carbocycles. The molecule has 0 aromatic heterocycles. The molecule has 0 aliphatic carbocycles. The molecule has 0 amide bonds. The van der Waals surface area contributed by atoms with Crippen LogP contribution in [-0.2, 0) is 9.53 Å². The zero-order chi connectivity index (χ0) is 13.0. The Morgan fingerprint density at radius 1 is 1.39 bits per heavy atom. The SMILES string of the molecule is CC(NC1=C(C(=O)O)CCOC1)c1ccccc1. The summed E-state index contributed by atoms with van der Waals surface area (Å²) in [7, 11) is 0. The number of nitrogens with one attached hydrogen (secondary N) is 1. The Bertz CT molecular complexity index is 453. The quantitative estimate of drug-likeness (QED) is 0.855. The van der Waals surface area contributed by atoms with Gasteiger partial charge in [0, 0.05) is 18.2 Å². The minimum absolute atomic E-state index is 0.0669. The van der Waals surface area contributed by atoms with Crippen molar-refractivity contribution >= 4 is 5.97 Å². The van der Waals surface area contributed by atoms with Gasteiger partial charge in [0.25, 0.3) is 0 Å². The third-order valence-electron chi connectivity index (χ3n) is 3.06. The van der Waals surface area contributed by atoms with Crippen molar-refractivity contribution in [2.75, 3.05) is 13.2 Å². The average Bonchev–Trinajstić information content (AvgIpc) is 2.40. The number of rotatable bonds is 4. The van der Waals surface area contributed by atoms with E-state index in [4.69, 9.17) is 9.84 Å². The molecule has 4 nitrogen and oxygen atoms in total. The standard InChI is InChI=1S/C14H17NO3/c1-10(11-5-3-2-4-6-11)15-13-9-18-8-7-12(13)14(16)17/h2-6,10,15H,7-9H2,1H3,(H,16,17). The molecule has 1 unspecified atom stereocenters. The fourth-order valence-corrected chi connectivity index (χ4v) is 2.04. The van der Waals surface area contributed by atoms with Crippen LogP contribution < -0.4 is 5.32 Å². The van der Waals surface area contributed by atoms with E-state index in [0.717, 1.165) is 5.56 Å². The van der Waals surface area contributed by atoms with Crippen molar-refractivity contribution in [3.05, 3.63) is 47.2 Å². The van der Waals surface area contributed by atoms with Gasteiger partial charge in [-0.1, -0.05) is 30.3 Å². The summed E-state index contributed by atoms with van der Waals surface area (Å²) in [5.41, 5.74) is 2.24. The minimum atomic E-state index is -0.860. The van der Waals surface area contributed by atoms with E-state index in [2.05, 4.69) is 5.32 Å². The van der Waals surface area contributed by atoms with Crippen LogP contribution in [0.4, 0.5) is 0 Å². The van der Waals surface area contributed by atoms with E-state index in [1.165, 1.54) is 0 Å². The normalized spacial score (nSPS) is 17.4. The smallest absolute Gasteiger partial charge is 0.333 e. The lowest BCUT2D eigenvalue weighted by molar-refractivity contribution is -0.133. The number of benzene rings is 1. The van der Waals surface area contributed by atoms with Gasteiger partial charge in [0.1, 0.15) is 0 Å². The van der Waals surface area contributed by atoms with Crippen molar-refractivity contribution in [1.82, 2.24) is 5.32 Å². The van der Waals surface area contributed by atoms with E-state index in [1.54, 1.807) is 0 Å². The Kier molecular flexibility index (Phi) is 3.99. The topological polar surface area (TPSA) is 58.6 Å². The summed E-state index contributed by atoms with van der Waals surface area (Å²) in [6.45, 7) is 2.84.